The van der Waals surface area contributed by atoms with Gasteiger partial charge in [0.15, 0.2) is 0 Å². The number of anilines is 1. The van der Waals surface area contributed by atoms with Gasteiger partial charge in [0.25, 0.3) is 5.91 Å². The molecular weight excluding hydrogens is 384 g/mol. The fraction of sp³-hybridized carbons (Fsp3) is 0.391. The van der Waals surface area contributed by atoms with Gasteiger partial charge in [-0.1, -0.05) is 25.5 Å². The molecule has 154 valence electrons. The van der Waals surface area contributed by atoms with Gasteiger partial charge in [0.1, 0.15) is 10.8 Å². The molecule has 6 heteroatoms. The highest BCUT2D eigenvalue weighted by Crippen LogP contribution is 2.38. The summed E-state index contributed by atoms with van der Waals surface area (Å²) in [5.74, 6) is 0.420. The normalized spacial score (nSPS) is 13.2. The fourth-order valence-corrected chi connectivity index (χ4v) is 4.72. The molecule has 0 spiro atoms. The van der Waals surface area contributed by atoms with E-state index in [4.69, 9.17) is 4.74 Å². The van der Waals surface area contributed by atoms with Crippen LogP contribution in [-0.4, -0.2) is 25.5 Å². The number of unbranched alkanes of at least 4 members (excludes halogenated alkanes) is 1. The van der Waals surface area contributed by atoms with Crippen LogP contribution in [0.15, 0.2) is 30.3 Å². The summed E-state index contributed by atoms with van der Waals surface area (Å²) in [6.45, 7) is 2.75. The summed E-state index contributed by atoms with van der Waals surface area (Å²) < 4.78 is 5.21. The van der Waals surface area contributed by atoms with Gasteiger partial charge in [-0.25, -0.2) is 0 Å². The third kappa shape index (κ3) is 5.48. The van der Waals surface area contributed by atoms with Crippen molar-refractivity contribution in [1.82, 2.24) is 5.32 Å². The van der Waals surface area contributed by atoms with E-state index in [9.17, 15) is 9.59 Å². The molecule has 1 aliphatic carbocycles. The lowest BCUT2D eigenvalue weighted by atomic mass is 9.95. The number of hydrogen-bond acceptors (Lipinski definition) is 4. The Balaban J connectivity index is 1.76. The molecule has 0 saturated heterocycles. The number of benzene rings is 1. The monoisotopic (exact) mass is 412 g/mol. The zero-order valence-electron chi connectivity index (χ0n) is 17.0. The second-order valence-electron chi connectivity index (χ2n) is 7.12. The first-order valence-corrected chi connectivity index (χ1v) is 11.0. The summed E-state index contributed by atoms with van der Waals surface area (Å²) in [4.78, 5) is 26.6. The summed E-state index contributed by atoms with van der Waals surface area (Å²) in [5.41, 5.74) is 2.65. The molecule has 0 bridgehead atoms. The molecule has 0 radical (unpaired) electrons. The molecule has 0 fully saturated rings. The molecular formula is C23H28N2O3S. The summed E-state index contributed by atoms with van der Waals surface area (Å²) in [5, 5.41) is 6.60. The predicted molar refractivity (Wildman–Crippen MR) is 119 cm³/mol. The van der Waals surface area contributed by atoms with E-state index in [2.05, 4.69) is 17.6 Å². The number of rotatable bonds is 8. The number of amides is 2. The molecule has 1 aliphatic rings. The summed E-state index contributed by atoms with van der Waals surface area (Å²) in [6, 6.07) is 7.50. The molecule has 2 aromatic rings. The smallest absolute Gasteiger partial charge is 0.254 e. The average Bonchev–Trinajstić information content (AvgIpc) is 3.10. The number of fused-ring (bicyclic) bond motifs is 1. The first-order chi connectivity index (χ1) is 14.1. The molecule has 5 nitrogen and oxygen atoms in total. The van der Waals surface area contributed by atoms with Crippen molar-refractivity contribution >= 4 is 34.2 Å². The van der Waals surface area contributed by atoms with Crippen LogP contribution in [0, 0.1) is 0 Å². The van der Waals surface area contributed by atoms with Crippen LogP contribution in [0.25, 0.3) is 6.08 Å². The number of ether oxygens (including phenoxy) is 1. The van der Waals surface area contributed by atoms with Gasteiger partial charge < -0.3 is 15.4 Å². The third-order valence-corrected chi connectivity index (χ3v) is 6.18. The number of nitrogens with one attached hydrogen (secondary N) is 2. The van der Waals surface area contributed by atoms with Crippen molar-refractivity contribution < 1.29 is 14.3 Å². The van der Waals surface area contributed by atoms with E-state index in [0.29, 0.717) is 17.1 Å². The van der Waals surface area contributed by atoms with Crippen LogP contribution in [-0.2, 0) is 17.6 Å². The number of thiophene rings is 1. The topological polar surface area (TPSA) is 67.4 Å². The average molecular weight is 413 g/mol. The Kier molecular flexibility index (Phi) is 7.47. The maximum absolute atomic E-state index is 12.8. The lowest BCUT2D eigenvalue weighted by Gasteiger charge is -2.13. The van der Waals surface area contributed by atoms with Crippen LogP contribution in [0.3, 0.4) is 0 Å². The van der Waals surface area contributed by atoms with Crippen molar-refractivity contribution in [1.29, 1.82) is 0 Å². The standard InChI is InChI=1S/C23H28N2O3S/c1-3-4-14-24-22(27)21-18-10-5-6-11-19(18)29-23(21)25-20(26)13-12-16-8-7-9-17(15-16)28-2/h7-9,12-13,15H,3-6,10-11,14H2,1-2H3,(H,24,27)(H,25,26)/b13-12+. The molecule has 0 aliphatic heterocycles. The minimum Gasteiger partial charge on any atom is -0.497 e. The van der Waals surface area contributed by atoms with Gasteiger partial charge in [0.05, 0.1) is 12.7 Å². The minimum atomic E-state index is -0.242. The summed E-state index contributed by atoms with van der Waals surface area (Å²) in [7, 11) is 1.61. The molecule has 29 heavy (non-hydrogen) atoms. The van der Waals surface area contributed by atoms with E-state index in [1.807, 2.05) is 24.3 Å². The van der Waals surface area contributed by atoms with E-state index >= 15 is 0 Å². The number of aryl methyl sites for hydroxylation is 1. The van der Waals surface area contributed by atoms with Crippen LogP contribution in [0.4, 0.5) is 5.00 Å². The van der Waals surface area contributed by atoms with Crippen molar-refractivity contribution in [3.63, 3.8) is 0 Å². The van der Waals surface area contributed by atoms with Gasteiger partial charge >= 0.3 is 0 Å². The Bertz CT molecular complexity index is 902. The molecule has 1 heterocycles. The van der Waals surface area contributed by atoms with Gasteiger partial charge in [0, 0.05) is 17.5 Å². The second-order valence-corrected chi connectivity index (χ2v) is 8.23. The molecule has 0 saturated carbocycles. The maximum Gasteiger partial charge on any atom is 0.254 e. The largest absolute Gasteiger partial charge is 0.497 e. The predicted octanol–water partition coefficient (Wildman–Crippen LogP) is 4.82. The first-order valence-electron chi connectivity index (χ1n) is 10.2. The Morgan fingerprint density at radius 1 is 1.24 bits per heavy atom. The molecule has 2 amide bonds. The van der Waals surface area contributed by atoms with E-state index in [1.165, 1.54) is 22.3 Å². The van der Waals surface area contributed by atoms with Gasteiger partial charge in [-0.15, -0.1) is 11.3 Å². The highest BCUT2D eigenvalue weighted by Gasteiger charge is 2.25. The molecule has 3 rings (SSSR count). The minimum absolute atomic E-state index is 0.0788. The summed E-state index contributed by atoms with van der Waals surface area (Å²) in [6.07, 6.45) is 9.31. The quantitative estimate of drug-likeness (QED) is 0.483. The van der Waals surface area contributed by atoms with Crippen molar-refractivity contribution in [3.8, 4) is 5.75 Å². The van der Waals surface area contributed by atoms with Gasteiger partial charge in [0.2, 0.25) is 5.91 Å². The van der Waals surface area contributed by atoms with Crippen LogP contribution >= 0.6 is 11.3 Å². The highest BCUT2D eigenvalue weighted by molar-refractivity contribution is 7.17. The molecule has 0 atom stereocenters. The Morgan fingerprint density at radius 3 is 2.86 bits per heavy atom. The Hall–Kier alpha value is -2.60. The zero-order valence-corrected chi connectivity index (χ0v) is 17.9. The fourth-order valence-electron chi connectivity index (χ4n) is 3.43. The number of carbonyl (C=O) groups excluding carboxylic acids is 2. The maximum atomic E-state index is 12.8. The van der Waals surface area contributed by atoms with Gasteiger partial charge in [-0.05, 0) is 61.4 Å². The Labute approximate surface area is 176 Å². The SMILES string of the molecule is CCCCNC(=O)c1c(NC(=O)/C=C/c2cccc(OC)c2)sc2c1CCCC2. The lowest BCUT2D eigenvalue weighted by Crippen LogP contribution is -2.26. The van der Waals surface area contributed by atoms with E-state index in [1.54, 1.807) is 13.2 Å². The number of carbonyl (C=O) groups is 2. The molecule has 1 aromatic carbocycles. The van der Waals surface area contributed by atoms with Crippen molar-refractivity contribution in [2.75, 3.05) is 19.0 Å². The van der Waals surface area contributed by atoms with Gasteiger partial charge in [-0.2, -0.15) is 0 Å². The van der Waals surface area contributed by atoms with Crippen LogP contribution in [0.5, 0.6) is 5.75 Å². The van der Waals surface area contributed by atoms with E-state index < -0.39 is 0 Å². The number of methoxy groups -OCH3 is 1. The lowest BCUT2D eigenvalue weighted by molar-refractivity contribution is -0.111. The van der Waals surface area contributed by atoms with E-state index in [-0.39, 0.29) is 11.8 Å². The van der Waals surface area contributed by atoms with Crippen molar-refractivity contribution in [2.24, 2.45) is 0 Å². The second kappa shape index (κ2) is 10.3. The van der Waals surface area contributed by atoms with E-state index in [0.717, 1.165) is 55.4 Å². The highest BCUT2D eigenvalue weighted by atomic mass is 32.1. The molecule has 0 unspecified atom stereocenters. The molecule has 2 N–H and O–H groups in total. The first kappa shape index (κ1) is 21.1. The van der Waals surface area contributed by atoms with Crippen molar-refractivity contribution in [2.45, 2.75) is 45.4 Å². The van der Waals surface area contributed by atoms with Crippen LogP contribution in [0.2, 0.25) is 0 Å². The van der Waals surface area contributed by atoms with Gasteiger partial charge in [-0.3, -0.25) is 9.59 Å². The zero-order chi connectivity index (χ0) is 20.6. The van der Waals surface area contributed by atoms with Crippen LogP contribution < -0.4 is 15.4 Å². The Morgan fingerprint density at radius 2 is 2.07 bits per heavy atom. The van der Waals surface area contributed by atoms with Crippen molar-refractivity contribution in [3.05, 3.63) is 51.9 Å². The van der Waals surface area contributed by atoms with Crippen LogP contribution in [0.1, 0.15) is 59.0 Å². The molecule has 1 aromatic heterocycles. The third-order valence-electron chi connectivity index (χ3n) is 4.97. The summed E-state index contributed by atoms with van der Waals surface area (Å²) >= 11 is 1.54. The number of hydrogen-bond donors (Lipinski definition) is 2.